The van der Waals surface area contributed by atoms with Gasteiger partial charge in [0, 0.05) is 30.9 Å². The molecule has 0 atom stereocenters. The third-order valence-corrected chi connectivity index (χ3v) is 3.57. The molecule has 0 saturated carbocycles. The second-order valence-electron chi connectivity index (χ2n) is 5.12. The lowest BCUT2D eigenvalue weighted by atomic mass is 10.2. The van der Waals surface area contributed by atoms with Crippen molar-refractivity contribution in [2.75, 3.05) is 19.0 Å². The molecule has 24 heavy (non-hydrogen) atoms. The van der Waals surface area contributed by atoms with Crippen molar-refractivity contribution in [2.24, 2.45) is 0 Å². The van der Waals surface area contributed by atoms with E-state index < -0.39 is 0 Å². The summed E-state index contributed by atoms with van der Waals surface area (Å²) in [5, 5.41) is 3.20. The van der Waals surface area contributed by atoms with E-state index in [0.29, 0.717) is 23.0 Å². The molecule has 1 N–H and O–H groups in total. The minimum Gasteiger partial charge on any atom is -0.495 e. The van der Waals surface area contributed by atoms with Gasteiger partial charge in [-0.25, -0.2) is 0 Å². The highest BCUT2D eigenvalue weighted by molar-refractivity contribution is 6.31. The van der Waals surface area contributed by atoms with Crippen LogP contribution in [0.1, 0.15) is 12.5 Å². The number of carbonyl (C=O) groups is 2. The Kier molecular flexibility index (Phi) is 6.14. The molecule has 0 bridgehead atoms. The zero-order valence-electron chi connectivity index (χ0n) is 13.5. The van der Waals surface area contributed by atoms with Crippen LogP contribution >= 0.6 is 11.6 Å². The Balaban J connectivity index is 2.06. The number of anilines is 1. The van der Waals surface area contributed by atoms with Crippen LogP contribution in [0.15, 0.2) is 42.7 Å². The van der Waals surface area contributed by atoms with Gasteiger partial charge in [-0.1, -0.05) is 11.6 Å². The quantitative estimate of drug-likeness (QED) is 0.872. The van der Waals surface area contributed by atoms with E-state index in [2.05, 4.69) is 10.3 Å². The average Bonchev–Trinajstić information content (AvgIpc) is 2.55. The molecule has 1 aromatic carbocycles. The molecule has 7 heteroatoms. The lowest BCUT2D eigenvalue weighted by molar-refractivity contribution is -0.133. The third kappa shape index (κ3) is 4.96. The zero-order valence-corrected chi connectivity index (χ0v) is 14.2. The molecule has 0 saturated heterocycles. The van der Waals surface area contributed by atoms with Gasteiger partial charge in [-0.3, -0.25) is 14.6 Å². The van der Waals surface area contributed by atoms with Crippen LogP contribution in [0, 0.1) is 0 Å². The van der Waals surface area contributed by atoms with Crippen molar-refractivity contribution in [3.8, 4) is 5.75 Å². The molecule has 1 aromatic heterocycles. The van der Waals surface area contributed by atoms with E-state index in [1.54, 1.807) is 42.7 Å². The molecular weight excluding hydrogens is 330 g/mol. The van der Waals surface area contributed by atoms with Crippen LogP contribution in [0.2, 0.25) is 5.02 Å². The number of aromatic nitrogens is 1. The second kappa shape index (κ2) is 8.31. The summed E-state index contributed by atoms with van der Waals surface area (Å²) in [5.41, 5.74) is 1.36. The summed E-state index contributed by atoms with van der Waals surface area (Å²) in [6.45, 7) is 1.68. The van der Waals surface area contributed by atoms with Crippen LogP contribution in [-0.2, 0) is 16.1 Å². The van der Waals surface area contributed by atoms with Crippen molar-refractivity contribution < 1.29 is 14.3 Å². The van der Waals surface area contributed by atoms with Gasteiger partial charge in [-0.2, -0.15) is 0 Å². The standard InChI is InChI=1S/C17H18ClN3O3/c1-12(22)21(10-13-5-7-19-8-6-13)11-17(23)20-15-9-14(18)3-4-16(15)24-2/h3-9H,10-11H2,1-2H3,(H,20,23). The monoisotopic (exact) mass is 347 g/mol. The molecule has 0 fully saturated rings. The van der Waals surface area contributed by atoms with Crippen LogP contribution in [0.25, 0.3) is 0 Å². The fraction of sp³-hybridized carbons (Fsp3) is 0.235. The van der Waals surface area contributed by atoms with Gasteiger partial charge < -0.3 is 15.0 Å². The number of hydrogen-bond acceptors (Lipinski definition) is 4. The number of nitrogens with one attached hydrogen (secondary N) is 1. The summed E-state index contributed by atoms with van der Waals surface area (Å²) < 4.78 is 5.19. The van der Waals surface area contributed by atoms with Crippen molar-refractivity contribution in [2.45, 2.75) is 13.5 Å². The Morgan fingerprint density at radius 3 is 2.58 bits per heavy atom. The lowest BCUT2D eigenvalue weighted by Crippen LogP contribution is -2.36. The van der Waals surface area contributed by atoms with Crippen LogP contribution in [0.4, 0.5) is 5.69 Å². The molecule has 6 nitrogen and oxygen atoms in total. The predicted octanol–water partition coefficient (Wildman–Crippen LogP) is 2.73. The lowest BCUT2D eigenvalue weighted by Gasteiger charge is -2.21. The summed E-state index contributed by atoms with van der Waals surface area (Å²) in [6, 6.07) is 8.53. The number of hydrogen-bond donors (Lipinski definition) is 1. The number of carbonyl (C=O) groups excluding carboxylic acids is 2. The summed E-state index contributed by atoms with van der Waals surface area (Å²) in [4.78, 5) is 29.5. The average molecular weight is 348 g/mol. The topological polar surface area (TPSA) is 71.5 Å². The van der Waals surface area contributed by atoms with Crippen molar-refractivity contribution in [3.63, 3.8) is 0 Å². The fourth-order valence-corrected chi connectivity index (χ4v) is 2.30. The van der Waals surface area contributed by atoms with Gasteiger partial charge in [0.25, 0.3) is 0 Å². The van der Waals surface area contributed by atoms with Gasteiger partial charge in [0.2, 0.25) is 11.8 Å². The summed E-state index contributed by atoms with van der Waals surface area (Å²) in [6.07, 6.45) is 3.29. The first kappa shape index (κ1) is 17.7. The molecule has 2 aromatic rings. The molecule has 2 rings (SSSR count). The SMILES string of the molecule is COc1ccc(Cl)cc1NC(=O)CN(Cc1ccncc1)C(C)=O. The molecule has 0 radical (unpaired) electrons. The molecule has 2 amide bonds. The molecule has 126 valence electrons. The van der Waals surface area contributed by atoms with Gasteiger partial charge in [0.1, 0.15) is 12.3 Å². The van der Waals surface area contributed by atoms with Crippen molar-refractivity contribution >= 4 is 29.1 Å². The van der Waals surface area contributed by atoms with Crippen LogP contribution in [0.5, 0.6) is 5.75 Å². The van der Waals surface area contributed by atoms with E-state index in [-0.39, 0.29) is 18.4 Å². The van der Waals surface area contributed by atoms with Crippen LogP contribution in [-0.4, -0.2) is 35.4 Å². The first-order valence-corrected chi connectivity index (χ1v) is 7.65. The van der Waals surface area contributed by atoms with E-state index in [1.807, 2.05) is 0 Å². The number of rotatable bonds is 6. The van der Waals surface area contributed by atoms with E-state index in [4.69, 9.17) is 16.3 Å². The number of amides is 2. The Hall–Kier alpha value is -2.60. The third-order valence-electron chi connectivity index (χ3n) is 3.34. The number of pyridine rings is 1. The summed E-state index contributed by atoms with van der Waals surface area (Å²) >= 11 is 5.94. The smallest absolute Gasteiger partial charge is 0.244 e. The summed E-state index contributed by atoms with van der Waals surface area (Å²) in [7, 11) is 1.50. The number of ether oxygens (including phenoxy) is 1. The van der Waals surface area contributed by atoms with Gasteiger partial charge in [0.05, 0.1) is 12.8 Å². The Bertz CT molecular complexity index is 722. The maximum absolute atomic E-state index is 12.3. The number of benzene rings is 1. The fourth-order valence-electron chi connectivity index (χ4n) is 2.13. The van der Waals surface area contributed by atoms with Crippen molar-refractivity contribution in [3.05, 3.63) is 53.3 Å². The van der Waals surface area contributed by atoms with Gasteiger partial charge in [-0.05, 0) is 35.9 Å². The first-order chi connectivity index (χ1) is 11.5. The Morgan fingerprint density at radius 2 is 1.96 bits per heavy atom. The Morgan fingerprint density at radius 1 is 1.25 bits per heavy atom. The molecule has 1 heterocycles. The van der Waals surface area contributed by atoms with Gasteiger partial charge in [0.15, 0.2) is 0 Å². The molecular formula is C17H18ClN3O3. The predicted molar refractivity (Wildman–Crippen MR) is 92.0 cm³/mol. The van der Waals surface area contributed by atoms with E-state index >= 15 is 0 Å². The van der Waals surface area contributed by atoms with E-state index in [1.165, 1.54) is 18.9 Å². The minimum atomic E-state index is -0.333. The molecule has 0 aliphatic rings. The number of halogens is 1. The summed E-state index contributed by atoms with van der Waals surface area (Å²) in [5.74, 6) is -0.0314. The van der Waals surface area contributed by atoms with E-state index in [9.17, 15) is 9.59 Å². The first-order valence-electron chi connectivity index (χ1n) is 7.27. The van der Waals surface area contributed by atoms with Crippen molar-refractivity contribution in [1.82, 2.24) is 9.88 Å². The van der Waals surface area contributed by atoms with Crippen LogP contribution < -0.4 is 10.1 Å². The number of methoxy groups -OCH3 is 1. The molecule has 0 unspecified atom stereocenters. The van der Waals surface area contributed by atoms with Crippen molar-refractivity contribution in [1.29, 1.82) is 0 Å². The highest BCUT2D eigenvalue weighted by Gasteiger charge is 2.16. The molecule has 0 spiro atoms. The van der Waals surface area contributed by atoms with Gasteiger partial charge in [-0.15, -0.1) is 0 Å². The highest BCUT2D eigenvalue weighted by atomic mass is 35.5. The normalized spacial score (nSPS) is 10.1. The van der Waals surface area contributed by atoms with Crippen LogP contribution in [0.3, 0.4) is 0 Å². The largest absolute Gasteiger partial charge is 0.495 e. The van der Waals surface area contributed by atoms with Gasteiger partial charge >= 0.3 is 0 Å². The highest BCUT2D eigenvalue weighted by Crippen LogP contribution is 2.27. The van der Waals surface area contributed by atoms with E-state index in [0.717, 1.165) is 5.56 Å². The minimum absolute atomic E-state index is 0.0761. The maximum atomic E-state index is 12.3. The maximum Gasteiger partial charge on any atom is 0.244 e. The Labute approximate surface area is 145 Å². The molecule has 0 aliphatic carbocycles. The number of nitrogens with zero attached hydrogens (tertiary/aromatic N) is 2. The molecule has 0 aliphatic heterocycles. The second-order valence-corrected chi connectivity index (χ2v) is 5.56. The zero-order chi connectivity index (χ0) is 17.5.